The molecule has 0 fully saturated rings. The summed E-state index contributed by atoms with van der Waals surface area (Å²) in [6.07, 6.45) is -0.413. The lowest BCUT2D eigenvalue weighted by atomic mass is 10.5. The molecule has 6 heteroatoms. The van der Waals surface area contributed by atoms with E-state index in [0.29, 0.717) is 0 Å². The molecule has 0 aliphatic rings. The third-order valence-corrected chi connectivity index (χ3v) is 1.17. The van der Waals surface area contributed by atoms with Crippen LogP contribution in [0.15, 0.2) is 0 Å². The molecule has 0 saturated carbocycles. The minimum Gasteiger partial charge on any atom is -0.461 e. The van der Waals surface area contributed by atoms with E-state index in [0.717, 1.165) is 0 Å². The molecule has 94 valence electrons. The van der Waals surface area contributed by atoms with Crippen LogP contribution in [0.5, 0.6) is 0 Å². The Morgan fingerprint density at radius 1 is 0.812 bits per heavy atom. The summed E-state index contributed by atoms with van der Waals surface area (Å²) in [7, 11) is 0. The van der Waals surface area contributed by atoms with E-state index >= 15 is 0 Å². The van der Waals surface area contributed by atoms with Gasteiger partial charge in [-0.3, -0.25) is 0 Å². The lowest BCUT2D eigenvalue weighted by Gasteiger charge is -2.09. The van der Waals surface area contributed by atoms with Crippen LogP contribution in [0.4, 0.5) is 0 Å². The molecular formula is C10H18O6. The molecule has 0 unspecified atom stereocenters. The lowest BCUT2D eigenvalue weighted by Crippen LogP contribution is -2.20. The highest BCUT2D eigenvalue weighted by Crippen LogP contribution is 1.92. The minimum atomic E-state index is -0.549. The fourth-order valence-electron chi connectivity index (χ4n) is 0.773. The van der Waals surface area contributed by atoms with E-state index in [4.69, 9.17) is 9.47 Å². The van der Waals surface area contributed by atoms with Gasteiger partial charge in [0.05, 0.1) is 12.2 Å². The van der Waals surface area contributed by atoms with Gasteiger partial charge in [-0.05, 0) is 27.7 Å². The Balaban J connectivity index is 3.46. The Kier molecular flexibility index (Phi) is 7.49. The molecule has 0 aromatic heterocycles. The average Bonchev–Trinajstić information content (AvgIpc) is 2.10. The Labute approximate surface area is 94.7 Å². The summed E-state index contributed by atoms with van der Waals surface area (Å²) in [5.41, 5.74) is 0. The van der Waals surface area contributed by atoms with E-state index in [1.54, 1.807) is 27.7 Å². The molecule has 0 aliphatic carbocycles. The lowest BCUT2D eigenvalue weighted by molar-refractivity contribution is -0.292. The summed E-state index contributed by atoms with van der Waals surface area (Å²) in [4.78, 5) is 30.8. The molecular weight excluding hydrogens is 216 g/mol. The van der Waals surface area contributed by atoms with Crippen LogP contribution >= 0.6 is 0 Å². The van der Waals surface area contributed by atoms with Crippen LogP contribution in [-0.4, -0.2) is 37.4 Å². The van der Waals surface area contributed by atoms with E-state index in [1.165, 1.54) is 0 Å². The smallest absolute Gasteiger partial charge is 0.335 e. The monoisotopic (exact) mass is 234 g/mol. The molecule has 0 aromatic rings. The maximum absolute atomic E-state index is 10.9. The molecule has 0 aliphatic heterocycles. The van der Waals surface area contributed by atoms with Gasteiger partial charge < -0.3 is 9.47 Å². The first-order chi connectivity index (χ1) is 7.41. The summed E-state index contributed by atoms with van der Waals surface area (Å²) in [6.45, 7) is 6.18. The zero-order valence-corrected chi connectivity index (χ0v) is 10.0. The number of hydrogen-bond acceptors (Lipinski definition) is 6. The Hall–Kier alpha value is -1.14. The number of ether oxygens (including phenoxy) is 2. The van der Waals surface area contributed by atoms with Gasteiger partial charge in [0.2, 0.25) is 0 Å². The second-order valence-electron chi connectivity index (χ2n) is 3.60. The predicted molar refractivity (Wildman–Crippen MR) is 54.4 cm³/mol. The Morgan fingerprint density at radius 3 is 1.38 bits per heavy atom. The third-order valence-electron chi connectivity index (χ3n) is 1.17. The number of carbonyl (C=O) groups is 2. The zero-order chi connectivity index (χ0) is 12.6. The van der Waals surface area contributed by atoms with Crippen LogP contribution < -0.4 is 0 Å². The summed E-state index contributed by atoms with van der Waals surface area (Å²) >= 11 is 0. The summed E-state index contributed by atoms with van der Waals surface area (Å²) in [5.74, 6) is -1.10. The highest BCUT2D eigenvalue weighted by atomic mass is 17.2. The van der Waals surface area contributed by atoms with E-state index in [2.05, 4.69) is 9.78 Å². The molecule has 6 nitrogen and oxygen atoms in total. The first-order valence-electron chi connectivity index (χ1n) is 5.05. The summed E-state index contributed by atoms with van der Waals surface area (Å²) < 4.78 is 9.52. The highest BCUT2D eigenvalue weighted by Gasteiger charge is 2.09. The maximum Gasteiger partial charge on any atom is 0.335 e. The topological polar surface area (TPSA) is 71.1 Å². The molecule has 0 bridgehead atoms. The highest BCUT2D eigenvalue weighted by molar-refractivity contribution is 5.71. The first-order valence-corrected chi connectivity index (χ1v) is 5.05. The second-order valence-corrected chi connectivity index (χ2v) is 3.60. The molecule has 0 N–H and O–H groups in total. The summed E-state index contributed by atoms with van der Waals surface area (Å²) in [5, 5.41) is 0. The number of hydrogen-bond donors (Lipinski definition) is 0. The van der Waals surface area contributed by atoms with Crippen molar-refractivity contribution in [3.8, 4) is 0 Å². The van der Waals surface area contributed by atoms with Crippen LogP contribution in [0.2, 0.25) is 0 Å². The van der Waals surface area contributed by atoms with Crippen LogP contribution in [0.25, 0.3) is 0 Å². The molecule has 0 heterocycles. The number of rotatable bonds is 7. The fraction of sp³-hybridized carbons (Fsp3) is 0.800. The van der Waals surface area contributed by atoms with Crippen LogP contribution in [0.1, 0.15) is 27.7 Å². The minimum absolute atomic E-state index is 0.206. The second kappa shape index (κ2) is 8.06. The van der Waals surface area contributed by atoms with Gasteiger partial charge in [-0.15, -0.1) is 0 Å². The average molecular weight is 234 g/mol. The van der Waals surface area contributed by atoms with Crippen molar-refractivity contribution >= 4 is 11.9 Å². The SMILES string of the molecule is CC(C)OC(=O)COOCC(=O)OC(C)C. The Morgan fingerprint density at radius 2 is 1.12 bits per heavy atom. The van der Waals surface area contributed by atoms with Crippen molar-refractivity contribution in [3.63, 3.8) is 0 Å². The van der Waals surface area contributed by atoms with Gasteiger partial charge >= 0.3 is 11.9 Å². The molecule has 0 radical (unpaired) electrons. The van der Waals surface area contributed by atoms with Gasteiger partial charge in [-0.25, -0.2) is 19.4 Å². The third kappa shape index (κ3) is 9.42. The molecule has 0 aromatic carbocycles. The van der Waals surface area contributed by atoms with Crippen LogP contribution in [0.3, 0.4) is 0 Å². The predicted octanol–water partition coefficient (Wildman–Crippen LogP) is 0.838. The zero-order valence-electron chi connectivity index (χ0n) is 10.0. The number of carbonyl (C=O) groups excluding carboxylic acids is 2. The largest absolute Gasteiger partial charge is 0.461 e. The van der Waals surface area contributed by atoms with E-state index in [-0.39, 0.29) is 25.4 Å². The molecule has 0 atom stereocenters. The molecule has 0 rings (SSSR count). The van der Waals surface area contributed by atoms with E-state index in [1.807, 2.05) is 0 Å². The first kappa shape index (κ1) is 14.9. The standard InChI is InChI=1S/C10H18O6/c1-7(2)15-9(11)5-13-14-6-10(12)16-8(3)4/h7-8H,5-6H2,1-4H3. The number of esters is 2. The molecule has 16 heavy (non-hydrogen) atoms. The van der Waals surface area contributed by atoms with Gasteiger partial charge in [0, 0.05) is 0 Å². The van der Waals surface area contributed by atoms with E-state index < -0.39 is 11.9 Å². The van der Waals surface area contributed by atoms with Crippen LogP contribution in [0, 0.1) is 0 Å². The Bertz CT molecular complexity index is 199. The van der Waals surface area contributed by atoms with Crippen molar-refractivity contribution < 1.29 is 28.8 Å². The van der Waals surface area contributed by atoms with Gasteiger partial charge in [0.25, 0.3) is 0 Å². The van der Waals surface area contributed by atoms with Crippen molar-refractivity contribution in [1.82, 2.24) is 0 Å². The molecule has 0 spiro atoms. The van der Waals surface area contributed by atoms with Crippen molar-refractivity contribution in [3.05, 3.63) is 0 Å². The van der Waals surface area contributed by atoms with Gasteiger partial charge in [0.15, 0.2) is 13.2 Å². The normalized spacial score (nSPS) is 10.6. The van der Waals surface area contributed by atoms with Crippen molar-refractivity contribution in [1.29, 1.82) is 0 Å². The van der Waals surface area contributed by atoms with Gasteiger partial charge in [-0.2, -0.15) is 0 Å². The molecule has 0 saturated heterocycles. The van der Waals surface area contributed by atoms with Gasteiger partial charge in [-0.1, -0.05) is 0 Å². The van der Waals surface area contributed by atoms with Crippen LogP contribution in [-0.2, 0) is 28.8 Å². The quantitative estimate of drug-likeness (QED) is 0.281. The summed E-state index contributed by atoms with van der Waals surface area (Å²) in [6, 6.07) is 0. The van der Waals surface area contributed by atoms with Crippen molar-refractivity contribution in [2.45, 2.75) is 39.9 Å². The molecule has 0 amide bonds. The van der Waals surface area contributed by atoms with E-state index in [9.17, 15) is 9.59 Å². The maximum atomic E-state index is 10.9. The van der Waals surface area contributed by atoms with Crippen molar-refractivity contribution in [2.24, 2.45) is 0 Å². The van der Waals surface area contributed by atoms with Crippen molar-refractivity contribution in [2.75, 3.05) is 13.2 Å². The van der Waals surface area contributed by atoms with Gasteiger partial charge in [0.1, 0.15) is 0 Å². The fourth-order valence-corrected chi connectivity index (χ4v) is 0.773.